The molecule has 2 bridgehead atoms. The Labute approximate surface area is 150 Å². The van der Waals surface area contributed by atoms with Crippen molar-refractivity contribution in [1.82, 2.24) is 0 Å². The van der Waals surface area contributed by atoms with Crippen molar-refractivity contribution in [2.75, 3.05) is 0 Å². The van der Waals surface area contributed by atoms with Crippen molar-refractivity contribution in [3.8, 4) is 11.3 Å². The summed E-state index contributed by atoms with van der Waals surface area (Å²) in [6.45, 7) is 11.9. The number of aromatic nitrogens is 1. The summed E-state index contributed by atoms with van der Waals surface area (Å²) in [5, 5.41) is 1.35. The summed E-state index contributed by atoms with van der Waals surface area (Å²) in [5.41, 5.74) is 10.3. The number of hydrogen-bond acceptors (Lipinski definition) is 0. The van der Waals surface area contributed by atoms with Gasteiger partial charge in [-0.1, -0.05) is 24.6 Å². The molecule has 3 aromatic rings. The van der Waals surface area contributed by atoms with Crippen LogP contribution in [-0.4, -0.2) is 0 Å². The highest BCUT2D eigenvalue weighted by molar-refractivity contribution is 5.81. The van der Waals surface area contributed by atoms with E-state index >= 15 is 0 Å². The minimum absolute atomic E-state index is 0.0737. The minimum Gasteiger partial charge on any atom is -0.185 e. The third-order valence-electron chi connectivity index (χ3n) is 7.24. The van der Waals surface area contributed by atoms with Crippen LogP contribution in [0.25, 0.3) is 22.2 Å². The van der Waals surface area contributed by atoms with E-state index in [9.17, 15) is 0 Å². The van der Waals surface area contributed by atoms with Crippen LogP contribution in [0, 0.1) is 13.8 Å². The van der Waals surface area contributed by atoms with E-state index in [0.29, 0.717) is 0 Å². The second-order valence-electron chi connectivity index (χ2n) is 8.59. The van der Waals surface area contributed by atoms with Crippen LogP contribution in [0.4, 0.5) is 0 Å². The molecule has 126 valence electrons. The first kappa shape index (κ1) is 15.1. The molecule has 2 aliphatic heterocycles. The molecule has 3 heterocycles. The van der Waals surface area contributed by atoms with Crippen molar-refractivity contribution in [3.05, 3.63) is 64.7 Å². The Morgan fingerprint density at radius 2 is 1.76 bits per heavy atom. The van der Waals surface area contributed by atoms with E-state index < -0.39 is 0 Å². The number of benzene rings is 2. The Morgan fingerprint density at radius 1 is 1.00 bits per heavy atom. The molecule has 1 heteroatoms. The quantitative estimate of drug-likeness (QED) is 0.529. The third kappa shape index (κ3) is 1.62. The van der Waals surface area contributed by atoms with Gasteiger partial charge in [0.2, 0.25) is 11.2 Å². The van der Waals surface area contributed by atoms with Crippen LogP contribution in [0.2, 0.25) is 0 Å². The zero-order valence-corrected chi connectivity index (χ0v) is 15.9. The van der Waals surface area contributed by atoms with E-state index in [-0.39, 0.29) is 11.0 Å². The summed E-state index contributed by atoms with van der Waals surface area (Å²) < 4.78 is 2.67. The molecule has 2 aromatic carbocycles. The van der Waals surface area contributed by atoms with Crippen molar-refractivity contribution in [1.29, 1.82) is 0 Å². The number of pyridine rings is 1. The summed E-state index contributed by atoms with van der Waals surface area (Å²) in [5.74, 6) is 0. The second kappa shape index (κ2) is 4.52. The molecule has 0 fully saturated rings. The van der Waals surface area contributed by atoms with Gasteiger partial charge in [0.1, 0.15) is 0 Å². The van der Waals surface area contributed by atoms with Gasteiger partial charge >= 0.3 is 0 Å². The highest BCUT2D eigenvalue weighted by Gasteiger charge is 2.59. The summed E-state index contributed by atoms with van der Waals surface area (Å²) in [7, 11) is 0. The maximum absolute atomic E-state index is 2.67. The summed E-state index contributed by atoms with van der Waals surface area (Å²) in [6.07, 6.45) is 2.25. The molecular weight excluding hydrogens is 302 g/mol. The van der Waals surface area contributed by atoms with Gasteiger partial charge in [0.05, 0.1) is 11.0 Å². The van der Waals surface area contributed by atoms with E-state index in [1.165, 1.54) is 38.9 Å². The van der Waals surface area contributed by atoms with E-state index in [1.807, 2.05) is 0 Å². The second-order valence-corrected chi connectivity index (χ2v) is 8.59. The zero-order valence-electron chi connectivity index (χ0n) is 15.9. The van der Waals surface area contributed by atoms with Crippen molar-refractivity contribution in [3.63, 3.8) is 0 Å². The lowest BCUT2D eigenvalue weighted by atomic mass is 9.58. The van der Waals surface area contributed by atoms with Gasteiger partial charge in [-0.3, -0.25) is 0 Å². The molecule has 0 saturated carbocycles. The average molecular weight is 328 g/mol. The van der Waals surface area contributed by atoms with E-state index in [0.717, 1.165) is 12.8 Å². The van der Waals surface area contributed by atoms with Gasteiger partial charge in [-0.05, 0) is 62.1 Å². The topological polar surface area (TPSA) is 3.88 Å². The largest absolute Gasteiger partial charge is 0.213 e. The van der Waals surface area contributed by atoms with Crippen molar-refractivity contribution in [2.24, 2.45) is 0 Å². The molecule has 25 heavy (non-hydrogen) atoms. The first-order valence-electron chi connectivity index (χ1n) is 9.49. The highest BCUT2D eigenvalue weighted by Crippen LogP contribution is 2.52. The third-order valence-corrected chi connectivity index (χ3v) is 7.24. The fourth-order valence-electron chi connectivity index (χ4n) is 5.80. The van der Waals surface area contributed by atoms with Crippen molar-refractivity contribution in [2.45, 2.75) is 58.4 Å². The van der Waals surface area contributed by atoms with Gasteiger partial charge in [0.25, 0.3) is 0 Å². The fourth-order valence-corrected chi connectivity index (χ4v) is 5.80. The first-order valence-corrected chi connectivity index (χ1v) is 9.49. The van der Waals surface area contributed by atoms with Gasteiger partial charge in [-0.25, -0.2) is 0 Å². The highest BCUT2D eigenvalue weighted by atomic mass is 15.1. The Balaban J connectivity index is 2.04. The predicted octanol–water partition coefficient (Wildman–Crippen LogP) is 5.36. The molecule has 0 N–H and O–H groups in total. The summed E-state index contributed by atoms with van der Waals surface area (Å²) in [6, 6.07) is 16.4. The summed E-state index contributed by atoms with van der Waals surface area (Å²) in [4.78, 5) is 0. The SMILES string of the molecule is CCC1(C)c2c(C)cc(C)cc2-c2ccc3ccc4cc3[n+]2C1(C)C4. The molecule has 1 aromatic heterocycles. The number of nitrogens with zero attached hydrogens (tertiary/aromatic N) is 1. The molecular formula is C24H26N+. The van der Waals surface area contributed by atoms with Gasteiger partial charge in [-0.15, -0.1) is 0 Å². The lowest BCUT2D eigenvalue weighted by molar-refractivity contribution is -0.743. The number of rotatable bonds is 1. The molecule has 2 atom stereocenters. The molecule has 5 rings (SSSR count). The van der Waals surface area contributed by atoms with Crippen LogP contribution in [0.3, 0.4) is 0 Å². The Hall–Kier alpha value is -2.15. The molecule has 0 saturated heterocycles. The monoisotopic (exact) mass is 328 g/mol. The van der Waals surface area contributed by atoms with E-state index in [4.69, 9.17) is 0 Å². The summed E-state index contributed by atoms with van der Waals surface area (Å²) >= 11 is 0. The molecule has 0 spiro atoms. The number of fused-ring (bicyclic) bond motifs is 3. The smallest absolute Gasteiger partial charge is 0.185 e. The molecule has 2 aliphatic rings. The van der Waals surface area contributed by atoms with Crippen molar-refractivity contribution >= 4 is 10.9 Å². The predicted molar refractivity (Wildman–Crippen MR) is 104 cm³/mol. The molecule has 2 unspecified atom stereocenters. The van der Waals surface area contributed by atoms with E-state index in [1.54, 1.807) is 5.56 Å². The Bertz CT molecular complexity index is 1060. The fraction of sp³-hybridized carbons (Fsp3) is 0.375. The zero-order chi connectivity index (χ0) is 17.6. The standard InChI is InChI=1S/C24H26N/c1-6-23(4)22-16(3)11-15(2)12-19(22)20-10-9-18-8-7-17-13-21(18)25(20)24(23,5)14-17/h7-13H,6,14H2,1-5H3/q+1. The number of hydrogen-bond donors (Lipinski definition) is 0. The van der Waals surface area contributed by atoms with Gasteiger partial charge in [-0.2, -0.15) is 4.57 Å². The lowest BCUT2D eigenvalue weighted by Crippen LogP contribution is -2.70. The molecule has 0 radical (unpaired) electrons. The van der Waals surface area contributed by atoms with Crippen LogP contribution < -0.4 is 4.57 Å². The average Bonchev–Trinajstić information content (AvgIpc) is 2.58. The van der Waals surface area contributed by atoms with Crippen LogP contribution in [0.15, 0.2) is 42.5 Å². The normalized spacial score (nSPS) is 26.1. The van der Waals surface area contributed by atoms with Crippen molar-refractivity contribution < 1.29 is 4.57 Å². The number of aryl methyl sites for hydroxylation is 2. The van der Waals surface area contributed by atoms with Gasteiger partial charge < -0.3 is 0 Å². The van der Waals surface area contributed by atoms with Crippen LogP contribution >= 0.6 is 0 Å². The molecule has 0 amide bonds. The lowest BCUT2D eigenvalue weighted by Gasteiger charge is -2.48. The Kier molecular flexibility index (Phi) is 2.73. The minimum atomic E-state index is 0.0737. The Morgan fingerprint density at radius 3 is 2.52 bits per heavy atom. The van der Waals surface area contributed by atoms with Crippen LogP contribution in [0.1, 0.15) is 49.4 Å². The van der Waals surface area contributed by atoms with Gasteiger partial charge in [0, 0.05) is 30.9 Å². The van der Waals surface area contributed by atoms with Crippen LogP contribution in [0.5, 0.6) is 0 Å². The maximum Gasteiger partial charge on any atom is 0.213 e. The van der Waals surface area contributed by atoms with E-state index in [2.05, 4.69) is 81.7 Å². The molecule has 0 aliphatic carbocycles. The maximum atomic E-state index is 2.67. The van der Waals surface area contributed by atoms with Crippen LogP contribution in [-0.2, 0) is 17.4 Å². The van der Waals surface area contributed by atoms with Gasteiger partial charge in [0.15, 0.2) is 5.54 Å². The molecule has 1 nitrogen and oxygen atoms in total. The first-order chi connectivity index (χ1) is 11.9.